The van der Waals surface area contributed by atoms with Gasteiger partial charge in [-0.2, -0.15) is 0 Å². The second kappa shape index (κ2) is 5.23. The van der Waals surface area contributed by atoms with Crippen LogP contribution in [0.3, 0.4) is 0 Å². The third-order valence-electron chi connectivity index (χ3n) is 2.81. The summed E-state index contributed by atoms with van der Waals surface area (Å²) in [7, 11) is 0. The van der Waals surface area contributed by atoms with Crippen LogP contribution in [0.25, 0.3) is 5.65 Å². The molecule has 1 unspecified atom stereocenters. The van der Waals surface area contributed by atoms with Crippen LogP contribution in [-0.2, 0) is 6.42 Å². The van der Waals surface area contributed by atoms with Gasteiger partial charge in [-0.25, -0.2) is 0 Å². The minimum absolute atomic E-state index is 0.408. The van der Waals surface area contributed by atoms with Crippen LogP contribution in [-0.4, -0.2) is 32.2 Å². The van der Waals surface area contributed by atoms with Crippen LogP contribution in [0, 0.1) is 6.92 Å². The van der Waals surface area contributed by atoms with Crippen molar-refractivity contribution < 1.29 is 0 Å². The predicted molar refractivity (Wildman–Crippen MR) is 67.0 cm³/mol. The van der Waals surface area contributed by atoms with Gasteiger partial charge in [-0.05, 0) is 26.8 Å². The number of rotatable bonds is 5. The number of nitrogens with one attached hydrogen (secondary N) is 1. The highest BCUT2D eigenvalue weighted by atomic mass is 15.2. The molecule has 2 rings (SSSR count). The number of fused-ring (bicyclic) bond motifs is 1. The van der Waals surface area contributed by atoms with E-state index in [4.69, 9.17) is 0 Å². The summed E-state index contributed by atoms with van der Waals surface area (Å²) in [4.78, 5) is 4.40. The molecule has 2 aromatic heterocycles. The molecule has 5 nitrogen and oxygen atoms in total. The quantitative estimate of drug-likeness (QED) is 0.847. The molecule has 5 heteroatoms. The fraction of sp³-hybridized carbons (Fsp3) is 0.583. The zero-order valence-corrected chi connectivity index (χ0v) is 10.6. The summed E-state index contributed by atoms with van der Waals surface area (Å²) < 4.78 is 1.98. The zero-order chi connectivity index (χ0) is 12.3. The van der Waals surface area contributed by atoms with Gasteiger partial charge in [-0.3, -0.25) is 9.38 Å². The Hall–Kier alpha value is -1.49. The Morgan fingerprint density at radius 1 is 1.41 bits per heavy atom. The van der Waals surface area contributed by atoms with Crippen molar-refractivity contribution in [1.82, 2.24) is 24.9 Å². The second-order valence-electron chi connectivity index (χ2n) is 4.37. The van der Waals surface area contributed by atoms with Gasteiger partial charge < -0.3 is 5.32 Å². The third kappa shape index (κ3) is 2.61. The molecule has 0 aliphatic rings. The van der Waals surface area contributed by atoms with E-state index in [2.05, 4.69) is 34.3 Å². The molecule has 0 spiro atoms. The van der Waals surface area contributed by atoms with Crippen LogP contribution in [0.1, 0.15) is 31.8 Å². The number of nitrogens with zero attached hydrogens (tertiary/aromatic N) is 4. The molecular formula is C12H19N5. The van der Waals surface area contributed by atoms with E-state index in [0.29, 0.717) is 6.04 Å². The summed E-state index contributed by atoms with van der Waals surface area (Å²) in [6.07, 6.45) is 5.73. The van der Waals surface area contributed by atoms with E-state index in [9.17, 15) is 0 Å². The van der Waals surface area contributed by atoms with Gasteiger partial charge in [0.1, 0.15) is 5.82 Å². The fourth-order valence-corrected chi connectivity index (χ4v) is 1.89. The lowest BCUT2D eigenvalue weighted by Crippen LogP contribution is -2.29. The van der Waals surface area contributed by atoms with Crippen molar-refractivity contribution in [2.24, 2.45) is 0 Å². The Morgan fingerprint density at radius 2 is 2.24 bits per heavy atom. The van der Waals surface area contributed by atoms with Crippen molar-refractivity contribution in [3.63, 3.8) is 0 Å². The average molecular weight is 233 g/mol. The van der Waals surface area contributed by atoms with Gasteiger partial charge in [0.25, 0.3) is 0 Å². The van der Waals surface area contributed by atoms with Crippen molar-refractivity contribution in [1.29, 1.82) is 0 Å². The lowest BCUT2D eigenvalue weighted by atomic mass is 10.2. The lowest BCUT2D eigenvalue weighted by molar-refractivity contribution is 0.539. The van der Waals surface area contributed by atoms with Gasteiger partial charge >= 0.3 is 0 Å². The Balaban J connectivity index is 2.18. The number of aromatic nitrogens is 4. The molecule has 0 saturated carbocycles. The highest BCUT2D eigenvalue weighted by Crippen LogP contribution is 2.09. The standard InChI is InChI=1S/C12H19N5/c1-4-5-13-9(2)8-11-12-16-15-10(3)17(12)7-6-14-11/h6-7,9,13H,4-5,8H2,1-3H3. The summed E-state index contributed by atoms with van der Waals surface area (Å²) in [6, 6.07) is 0.408. The van der Waals surface area contributed by atoms with Gasteiger partial charge in [0.15, 0.2) is 5.65 Å². The number of hydrogen-bond acceptors (Lipinski definition) is 4. The second-order valence-corrected chi connectivity index (χ2v) is 4.37. The largest absolute Gasteiger partial charge is 0.314 e. The summed E-state index contributed by atoms with van der Waals surface area (Å²) in [5.41, 5.74) is 1.87. The molecule has 0 aliphatic heterocycles. The number of hydrogen-bond donors (Lipinski definition) is 1. The molecule has 17 heavy (non-hydrogen) atoms. The topological polar surface area (TPSA) is 55.1 Å². The van der Waals surface area contributed by atoms with Crippen molar-refractivity contribution >= 4 is 5.65 Å². The molecule has 0 amide bonds. The molecule has 0 fully saturated rings. The average Bonchev–Trinajstić information content (AvgIpc) is 2.70. The maximum Gasteiger partial charge on any atom is 0.182 e. The first kappa shape index (κ1) is 12.0. The molecule has 92 valence electrons. The van der Waals surface area contributed by atoms with Crippen molar-refractivity contribution in [3.8, 4) is 0 Å². The first-order valence-corrected chi connectivity index (χ1v) is 6.11. The van der Waals surface area contributed by atoms with Gasteiger partial charge in [-0.1, -0.05) is 6.92 Å². The maximum absolute atomic E-state index is 4.40. The van der Waals surface area contributed by atoms with Crippen LogP contribution in [0.5, 0.6) is 0 Å². The van der Waals surface area contributed by atoms with Crippen molar-refractivity contribution in [2.45, 2.75) is 39.7 Å². The molecule has 2 heterocycles. The van der Waals surface area contributed by atoms with Crippen molar-refractivity contribution in [2.75, 3.05) is 6.54 Å². The Morgan fingerprint density at radius 3 is 3.00 bits per heavy atom. The highest BCUT2D eigenvalue weighted by molar-refractivity contribution is 5.43. The van der Waals surface area contributed by atoms with E-state index >= 15 is 0 Å². The predicted octanol–water partition coefficient (Wildman–Crippen LogP) is 1.36. The van der Waals surface area contributed by atoms with E-state index in [-0.39, 0.29) is 0 Å². The van der Waals surface area contributed by atoms with Gasteiger partial charge in [0.05, 0.1) is 5.69 Å². The monoisotopic (exact) mass is 233 g/mol. The zero-order valence-electron chi connectivity index (χ0n) is 10.6. The summed E-state index contributed by atoms with van der Waals surface area (Å²) >= 11 is 0. The molecule has 1 N–H and O–H groups in total. The van der Waals surface area contributed by atoms with Crippen LogP contribution >= 0.6 is 0 Å². The summed E-state index contributed by atoms with van der Waals surface area (Å²) in [6.45, 7) is 7.32. The van der Waals surface area contributed by atoms with E-state index in [1.807, 2.05) is 23.7 Å². The molecule has 0 aliphatic carbocycles. The first-order chi connectivity index (χ1) is 8.22. The molecule has 0 aromatic carbocycles. The van der Waals surface area contributed by atoms with Crippen molar-refractivity contribution in [3.05, 3.63) is 23.9 Å². The summed E-state index contributed by atoms with van der Waals surface area (Å²) in [5.74, 6) is 0.901. The van der Waals surface area contributed by atoms with Gasteiger partial charge in [0, 0.05) is 24.9 Å². The van der Waals surface area contributed by atoms with E-state index in [0.717, 1.165) is 36.6 Å². The smallest absolute Gasteiger partial charge is 0.182 e. The first-order valence-electron chi connectivity index (χ1n) is 6.11. The number of aryl methyl sites for hydroxylation is 1. The molecule has 0 bridgehead atoms. The minimum Gasteiger partial charge on any atom is -0.314 e. The lowest BCUT2D eigenvalue weighted by Gasteiger charge is -2.12. The minimum atomic E-state index is 0.408. The fourth-order valence-electron chi connectivity index (χ4n) is 1.89. The van der Waals surface area contributed by atoms with E-state index in [1.54, 1.807) is 0 Å². The molecular weight excluding hydrogens is 214 g/mol. The van der Waals surface area contributed by atoms with Crippen LogP contribution in [0.15, 0.2) is 12.4 Å². The van der Waals surface area contributed by atoms with Gasteiger partial charge in [0.2, 0.25) is 0 Å². The van der Waals surface area contributed by atoms with Crippen LogP contribution in [0.2, 0.25) is 0 Å². The third-order valence-corrected chi connectivity index (χ3v) is 2.81. The molecule has 1 atom stereocenters. The normalized spacial score (nSPS) is 13.1. The Bertz CT molecular complexity index is 491. The van der Waals surface area contributed by atoms with Gasteiger partial charge in [-0.15, -0.1) is 10.2 Å². The SMILES string of the molecule is CCCNC(C)Cc1nccn2c(C)nnc12. The maximum atomic E-state index is 4.40. The van der Waals surface area contributed by atoms with E-state index < -0.39 is 0 Å². The molecule has 0 saturated heterocycles. The summed E-state index contributed by atoms with van der Waals surface area (Å²) in [5, 5.41) is 11.7. The highest BCUT2D eigenvalue weighted by Gasteiger charge is 2.10. The van der Waals surface area contributed by atoms with Crippen LogP contribution in [0.4, 0.5) is 0 Å². The molecule has 0 radical (unpaired) electrons. The Kier molecular flexibility index (Phi) is 3.68. The Labute approximate surface area is 101 Å². The van der Waals surface area contributed by atoms with E-state index in [1.165, 1.54) is 0 Å². The van der Waals surface area contributed by atoms with Crippen LogP contribution < -0.4 is 5.32 Å². The molecule has 2 aromatic rings.